The van der Waals surface area contributed by atoms with E-state index < -0.39 is 0 Å². The summed E-state index contributed by atoms with van der Waals surface area (Å²) in [5.41, 5.74) is 4.10. The van der Waals surface area contributed by atoms with E-state index in [0.717, 1.165) is 34.5 Å². The highest BCUT2D eigenvalue weighted by Gasteiger charge is 2.31. The number of benzene rings is 2. The maximum atomic E-state index is 13.3. The van der Waals surface area contributed by atoms with E-state index >= 15 is 0 Å². The first-order valence-corrected chi connectivity index (χ1v) is 8.94. The molecule has 0 spiro atoms. The molecule has 0 bridgehead atoms. The van der Waals surface area contributed by atoms with Gasteiger partial charge in [-0.15, -0.1) is 0 Å². The van der Waals surface area contributed by atoms with Crippen LogP contribution in [0, 0.1) is 11.7 Å². The van der Waals surface area contributed by atoms with Crippen molar-refractivity contribution >= 4 is 17.0 Å². The average Bonchev–Trinajstić information content (AvgIpc) is 3.16. The largest absolute Gasteiger partial charge is 0.493 e. The van der Waals surface area contributed by atoms with Crippen LogP contribution in [0.15, 0.2) is 53.8 Å². The molecule has 0 aliphatic carbocycles. The van der Waals surface area contributed by atoms with Gasteiger partial charge in [-0.25, -0.2) is 9.38 Å². The predicted molar refractivity (Wildman–Crippen MR) is 107 cm³/mol. The minimum atomic E-state index is -0.245. The molecule has 0 saturated heterocycles. The fourth-order valence-corrected chi connectivity index (χ4v) is 3.64. The van der Waals surface area contributed by atoms with Gasteiger partial charge in [0.05, 0.1) is 21.3 Å². The molecule has 0 radical (unpaired) electrons. The van der Waals surface area contributed by atoms with Gasteiger partial charge in [0.1, 0.15) is 11.7 Å². The summed E-state index contributed by atoms with van der Waals surface area (Å²) in [6.45, 7) is 0. The molecule has 2 aromatic rings. The van der Waals surface area contributed by atoms with Crippen LogP contribution < -0.4 is 19.5 Å². The van der Waals surface area contributed by atoms with Gasteiger partial charge in [-0.05, 0) is 53.0 Å². The molecule has 0 fully saturated rings. The lowest BCUT2D eigenvalue weighted by Crippen LogP contribution is -2.22. The maximum Gasteiger partial charge on any atom is 0.203 e. The van der Waals surface area contributed by atoms with Gasteiger partial charge in [0.2, 0.25) is 5.75 Å². The molecule has 4 rings (SSSR count). The van der Waals surface area contributed by atoms with Crippen molar-refractivity contribution in [3.63, 3.8) is 0 Å². The molecule has 0 amide bonds. The second-order valence-corrected chi connectivity index (χ2v) is 6.59. The number of nitrogens with zero attached hydrogens (tertiary/aromatic N) is 1. The number of nitrogens with one attached hydrogen (secondary N) is 1. The zero-order chi connectivity index (χ0) is 19.7. The number of fused-ring (bicyclic) bond motifs is 1. The van der Waals surface area contributed by atoms with Gasteiger partial charge in [-0.1, -0.05) is 12.1 Å². The van der Waals surface area contributed by atoms with E-state index in [4.69, 9.17) is 14.2 Å². The van der Waals surface area contributed by atoms with Crippen molar-refractivity contribution in [2.45, 2.75) is 6.42 Å². The number of methoxy groups -OCH3 is 3. The van der Waals surface area contributed by atoms with E-state index in [-0.39, 0.29) is 11.7 Å². The van der Waals surface area contributed by atoms with Gasteiger partial charge in [-0.2, -0.15) is 0 Å². The fourth-order valence-electron chi connectivity index (χ4n) is 3.64. The molecule has 2 aliphatic heterocycles. The van der Waals surface area contributed by atoms with E-state index in [1.165, 1.54) is 12.1 Å². The van der Waals surface area contributed by atoms with Crippen molar-refractivity contribution in [3.05, 3.63) is 65.7 Å². The van der Waals surface area contributed by atoms with Gasteiger partial charge in [0.15, 0.2) is 11.5 Å². The molecule has 1 N–H and O–H groups in total. The van der Waals surface area contributed by atoms with Crippen LogP contribution in [0.5, 0.6) is 17.2 Å². The molecule has 2 aliphatic rings. The van der Waals surface area contributed by atoms with Gasteiger partial charge in [0.25, 0.3) is 0 Å². The van der Waals surface area contributed by atoms with Crippen LogP contribution >= 0.6 is 0 Å². The monoisotopic (exact) mass is 380 g/mol. The molecule has 28 heavy (non-hydrogen) atoms. The Morgan fingerprint density at radius 1 is 0.964 bits per heavy atom. The maximum absolute atomic E-state index is 13.3. The Morgan fingerprint density at radius 3 is 2.25 bits per heavy atom. The Bertz CT molecular complexity index is 968. The van der Waals surface area contributed by atoms with Crippen molar-refractivity contribution < 1.29 is 18.6 Å². The Balaban J connectivity index is 1.67. The number of ether oxygens (including phenoxy) is 3. The molecule has 2 heterocycles. The summed E-state index contributed by atoms with van der Waals surface area (Å²) in [6.07, 6.45) is 4.57. The van der Waals surface area contributed by atoms with E-state index in [2.05, 4.69) is 10.3 Å². The topological polar surface area (TPSA) is 52.1 Å². The highest BCUT2D eigenvalue weighted by molar-refractivity contribution is 6.03. The van der Waals surface area contributed by atoms with Gasteiger partial charge in [-0.3, -0.25) is 0 Å². The summed E-state index contributed by atoms with van der Waals surface area (Å²) in [5, 5.41) is 3.24. The first-order valence-electron chi connectivity index (χ1n) is 8.94. The summed E-state index contributed by atoms with van der Waals surface area (Å²) in [7, 11) is 4.78. The smallest absolute Gasteiger partial charge is 0.203 e. The lowest BCUT2D eigenvalue weighted by atomic mass is 9.85. The third-order valence-electron chi connectivity index (χ3n) is 5.08. The number of allylic oxidation sites excluding steroid dienone is 1. The fraction of sp³-hybridized carbons (Fsp3) is 0.227. The minimum absolute atomic E-state index is 0.0875. The van der Waals surface area contributed by atoms with Crippen LogP contribution in [0.3, 0.4) is 0 Å². The first-order chi connectivity index (χ1) is 13.6. The van der Waals surface area contributed by atoms with Crippen LogP contribution in [0.2, 0.25) is 0 Å². The summed E-state index contributed by atoms with van der Waals surface area (Å²) >= 11 is 0. The van der Waals surface area contributed by atoms with Crippen molar-refractivity contribution in [2.24, 2.45) is 10.9 Å². The third-order valence-corrected chi connectivity index (χ3v) is 5.08. The van der Waals surface area contributed by atoms with Crippen LogP contribution in [-0.4, -0.2) is 27.2 Å². The Kier molecular flexibility index (Phi) is 4.77. The van der Waals surface area contributed by atoms with Crippen LogP contribution in [0.1, 0.15) is 17.5 Å². The molecule has 144 valence electrons. The van der Waals surface area contributed by atoms with Crippen LogP contribution in [0.25, 0.3) is 11.1 Å². The second kappa shape index (κ2) is 7.38. The Hall–Kier alpha value is -3.28. The molecular weight excluding hydrogens is 359 g/mol. The molecule has 1 unspecified atom stereocenters. The van der Waals surface area contributed by atoms with Crippen molar-refractivity contribution in [1.82, 2.24) is 5.32 Å². The Labute approximate surface area is 163 Å². The number of hydrogen-bond donors (Lipinski definition) is 1. The standard InChI is InChI=1S/C22H21FN2O3/c1-26-19-9-14(10-20(27-2)21(19)28-3)15-8-17-18(12-25-22(17)24-11-15)13-4-6-16(23)7-5-13/h4-7,9-12,17H,8H2,1-3H3,(H,24,25). The zero-order valence-electron chi connectivity index (χ0n) is 16.0. The highest BCUT2D eigenvalue weighted by atomic mass is 19.1. The molecule has 6 heteroatoms. The van der Waals surface area contributed by atoms with Gasteiger partial charge >= 0.3 is 0 Å². The number of hydrogen-bond acceptors (Lipinski definition) is 5. The van der Waals surface area contributed by atoms with Crippen LogP contribution in [0.4, 0.5) is 4.39 Å². The number of rotatable bonds is 5. The normalized spacial score (nSPS) is 17.7. The molecular formula is C22H21FN2O3. The lowest BCUT2D eigenvalue weighted by Gasteiger charge is -2.22. The van der Waals surface area contributed by atoms with Crippen molar-refractivity contribution in [2.75, 3.05) is 21.3 Å². The SMILES string of the molecule is COc1cc(C2=CN=C3NC=C(c4ccc(F)cc4)C3C2)cc(OC)c1OC. The minimum Gasteiger partial charge on any atom is -0.493 e. The third kappa shape index (κ3) is 3.11. The Morgan fingerprint density at radius 2 is 1.64 bits per heavy atom. The van der Waals surface area contributed by atoms with E-state index in [0.29, 0.717) is 17.2 Å². The predicted octanol–water partition coefficient (Wildman–Crippen LogP) is 4.26. The second-order valence-electron chi connectivity index (χ2n) is 6.59. The van der Waals surface area contributed by atoms with E-state index in [9.17, 15) is 4.39 Å². The van der Waals surface area contributed by atoms with E-state index in [1.807, 2.05) is 24.5 Å². The molecule has 5 nitrogen and oxygen atoms in total. The quantitative estimate of drug-likeness (QED) is 0.842. The average molecular weight is 380 g/mol. The van der Waals surface area contributed by atoms with E-state index in [1.54, 1.807) is 33.5 Å². The van der Waals surface area contributed by atoms with Gasteiger partial charge < -0.3 is 19.5 Å². The first kappa shape index (κ1) is 18.1. The highest BCUT2D eigenvalue weighted by Crippen LogP contribution is 2.43. The molecule has 0 aromatic heterocycles. The summed E-state index contributed by atoms with van der Waals surface area (Å²) in [4.78, 5) is 4.60. The van der Waals surface area contributed by atoms with Gasteiger partial charge in [0, 0.05) is 18.3 Å². The summed E-state index contributed by atoms with van der Waals surface area (Å²) in [5.74, 6) is 2.51. The number of aliphatic imine (C=N–C) groups is 1. The van der Waals surface area contributed by atoms with Crippen molar-refractivity contribution in [3.8, 4) is 17.2 Å². The molecule has 0 saturated carbocycles. The molecule has 2 aromatic carbocycles. The number of halogens is 1. The summed E-state index contributed by atoms with van der Waals surface area (Å²) in [6, 6.07) is 10.4. The lowest BCUT2D eigenvalue weighted by molar-refractivity contribution is 0.324. The summed E-state index contributed by atoms with van der Waals surface area (Å²) < 4.78 is 29.6. The number of amidine groups is 1. The van der Waals surface area contributed by atoms with Crippen LogP contribution in [-0.2, 0) is 0 Å². The van der Waals surface area contributed by atoms with Crippen molar-refractivity contribution in [1.29, 1.82) is 0 Å². The molecule has 1 atom stereocenters. The zero-order valence-corrected chi connectivity index (χ0v) is 16.0.